The highest BCUT2D eigenvalue weighted by Crippen LogP contribution is 2.49. The fourth-order valence-corrected chi connectivity index (χ4v) is 6.33. The molecule has 0 saturated heterocycles. The molecule has 0 aliphatic heterocycles. The summed E-state index contributed by atoms with van der Waals surface area (Å²) in [5.41, 5.74) is 0.716. The lowest BCUT2D eigenvalue weighted by atomic mass is 9.63. The highest BCUT2D eigenvalue weighted by atomic mass is 19.1. The van der Waals surface area contributed by atoms with Crippen molar-refractivity contribution in [2.75, 3.05) is 7.11 Å². The maximum absolute atomic E-state index is 15.0. The highest BCUT2D eigenvalue weighted by Gasteiger charge is 2.36. The standard InChI is InChI=1S/C28H38F2O/c1-3-4-5-6-7-8-19-9-10-21-14-22(12-11-20(21)13-19)25-18-26-23(16-27(25)29)15-24(31-2)17-28(26)30/h15-22H,3-14H2,1-2H3/t19?,20-,21?,22-/m1/s1. The van der Waals surface area contributed by atoms with Crippen molar-refractivity contribution < 1.29 is 13.5 Å². The molecule has 31 heavy (non-hydrogen) atoms. The van der Waals surface area contributed by atoms with E-state index in [-0.39, 0.29) is 17.6 Å². The van der Waals surface area contributed by atoms with Gasteiger partial charge in [0.15, 0.2) is 0 Å². The lowest BCUT2D eigenvalue weighted by Gasteiger charge is -2.42. The maximum Gasteiger partial charge on any atom is 0.134 e. The van der Waals surface area contributed by atoms with Gasteiger partial charge in [0.05, 0.1) is 7.11 Å². The van der Waals surface area contributed by atoms with Gasteiger partial charge in [-0.1, -0.05) is 51.9 Å². The number of hydrogen-bond acceptors (Lipinski definition) is 1. The zero-order valence-corrected chi connectivity index (χ0v) is 19.3. The van der Waals surface area contributed by atoms with Gasteiger partial charge in [0.2, 0.25) is 0 Å². The van der Waals surface area contributed by atoms with Crippen molar-refractivity contribution in [2.45, 2.75) is 89.9 Å². The molecule has 2 fully saturated rings. The van der Waals surface area contributed by atoms with Crippen molar-refractivity contribution in [3.8, 4) is 5.75 Å². The van der Waals surface area contributed by atoms with E-state index in [1.54, 1.807) is 12.1 Å². The molecular weight excluding hydrogens is 390 g/mol. The molecule has 2 aromatic carbocycles. The second kappa shape index (κ2) is 10.3. The van der Waals surface area contributed by atoms with Crippen LogP contribution in [0.1, 0.15) is 95.5 Å². The van der Waals surface area contributed by atoms with Gasteiger partial charge in [-0.15, -0.1) is 0 Å². The summed E-state index contributed by atoms with van der Waals surface area (Å²) >= 11 is 0. The molecule has 2 saturated carbocycles. The van der Waals surface area contributed by atoms with E-state index in [1.807, 2.05) is 0 Å². The molecule has 170 valence electrons. The summed E-state index contributed by atoms with van der Waals surface area (Å²) in [5.74, 6) is 2.56. The molecule has 4 atom stereocenters. The molecule has 4 rings (SSSR count). The fraction of sp³-hybridized carbons (Fsp3) is 0.643. The summed E-state index contributed by atoms with van der Waals surface area (Å²) in [6.45, 7) is 2.27. The minimum absolute atomic E-state index is 0.190. The molecule has 2 aliphatic rings. The summed E-state index contributed by atoms with van der Waals surface area (Å²) < 4.78 is 34.8. The largest absolute Gasteiger partial charge is 0.497 e. The van der Waals surface area contributed by atoms with Crippen LogP contribution in [-0.2, 0) is 0 Å². The van der Waals surface area contributed by atoms with Gasteiger partial charge in [0, 0.05) is 11.5 Å². The molecule has 0 N–H and O–H groups in total. The third kappa shape index (κ3) is 5.23. The number of methoxy groups -OCH3 is 1. The number of fused-ring (bicyclic) bond motifs is 2. The zero-order valence-electron chi connectivity index (χ0n) is 19.3. The summed E-state index contributed by atoms with van der Waals surface area (Å²) in [5, 5.41) is 1.08. The monoisotopic (exact) mass is 428 g/mol. The molecule has 2 aliphatic carbocycles. The normalized spacial score (nSPS) is 26.1. The van der Waals surface area contributed by atoms with Crippen LogP contribution in [0.15, 0.2) is 24.3 Å². The van der Waals surface area contributed by atoms with Gasteiger partial charge >= 0.3 is 0 Å². The lowest BCUT2D eigenvalue weighted by Crippen LogP contribution is -2.30. The van der Waals surface area contributed by atoms with E-state index in [2.05, 4.69) is 6.92 Å². The second-order valence-electron chi connectivity index (χ2n) is 10.1. The molecule has 1 nitrogen and oxygen atoms in total. The first-order valence-corrected chi connectivity index (χ1v) is 12.6. The minimum atomic E-state index is -0.330. The van der Waals surface area contributed by atoms with Gasteiger partial charge in [-0.05, 0) is 84.9 Å². The van der Waals surface area contributed by atoms with E-state index in [0.717, 1.165) is 24.7 Å². The summed E-state index contributed by atoms with van der Waals surface area (Å²) in [7, 11) is 1.50. The minimum Gasteiger partial charge on any atom is -0.497 e. The van der Waals surface area contributed by atoms with E-state index in [9.17, 15) is 4.39 Å². The van der Waals surface area contributed by atoms with Gasteiger partial charge in [0.25, 0.3) is 0 Å². The molecular formula is C28H38F2O. The summed E-state index contributed by atoms with van der Waals surface area (Å²) in [6.07, 6.45) is 15.6. The Morgan fingerprint density at radius 2 is 1.61 bits per heavy atom. The highest BCUT2D eigenvalue weighted by molar-refractivity contribution is 5.85. The van der Waals surface area contributed by atoms with Crippen LogP contribution < -0.4 is 4.74 Å². The van der Waals surface area contributed by atoms with Gasteiger partial charge in [-0.25, -0.2) is 8.78 Å². The zero-order chi connectivity index (χ0) is 21.8. The Balaban J connectivity index is 1.39. The number of ether oxygens (including phenoxy) is 1. The second-order valence-corrected chi connectivity index (χ2v) is 10.1. The van der Waals surface area contributed by atoms with Crippen LogP contribution in [0.25, 0.3) is 10.8 Å². The van der Waals surface area contributed by atoms with Crippen LogP contribution in [0.5, 0.6) is 5.75 Å². The number of benzene rings is 2. The Labute approximate surface area is 186 Å². The SMILES string of the molecule is CCCCCCCC1CCC2C[C@H](c3cc4c(F)cc(OC)cc4cc3F)CC[C@@H]2C1. The van der Waals surface area contributed by atoms with Crippen LogP contribution >= 0.6 is 0 Å². The van der Waals surface area contributed by atoms with Crippen LogP contribution in [0.4, 0.5) is 8.78 Å². The Bertz CT molecular complexity index is 877. The van der Waals surface area contributed by atoms with E-state index >= 15 is 4.39 Å². The number of unbranched alkanes of at least 4 members (excludes halogenated alkanes) is 4. The van der Waals surface area contributed by atoms with Gasteiger partial charge < -0.3 is 4.74 Å². The number of rotatable bonds is 8. The first kappa shape index (κ1) is 22.6. The topological polar surface area (TPSA) is 9.23 Å². The average molecular weight is 429 g/mol. The Hall–Kier alpha value is -1.64. The predicted octanol–water partition coefficient (Wildman–Crippen LogP) is 8.79. The molecule has 0 aromatic heterocycles. The predicted molar refractivity (Wildman–Crippen MR) is 125 cm³/mol. The van der Waals surface area contributed by atoms with Crippen molar-refractivity contribution in [2.24, 2.45) is 17.8 Å². The first-order valence-electron chi connectivity index (χ1n) is 12.6. The molecule has 2 aromatic rings. The third-order valence-corrected chi connectivity index (χ3v) is 8.11. The molecule has 3 heteroatoms. The van der Waals surface area contributed by atoms with E-state index in [1.165, 1.54) is 83.5 Å². The summed E-state index contributed by atoms with van der Waals surface area (Å²) in [6, 6.07) is 6.38. The van der Waals surface area contributed by atoms with Crippen molar-refractivity contribution in [1.29, 1.82) is 0 Å². The smallest absolute Gasteiger partial charge is 0.134 e. The Morgan fingerprint density at radius 1 is 0.839 bits per heavy atom. The van der Waals surface area contributed by atoms with Gasteiger partial charge in [0.1, 0.15) is 17.4 Å². The van der Waals surface area contributed by atoms with Crippen molar-refractivity contribution in [3.63, 3.8) is 0 Å². The molecule has 0 radical (unpaired) electrons. The number of halogens is 2. The van der Waals surface area contributed by atoms with Crippen molar-refractivity contribution in [1.82, 2.24) is 0 Å². The van der Waals surface area contributed by atoms with Crippen LogP contribution in [-0.4, -0.2) is 7.11 Å². The van der Waals surface area contributed by atoms with E-state index in [0.29, 0.717) is 28.0 Å². The van der Waals surface area contributed by atoms with E-state index < -0.39 is 0 Å². The molecule has 0 amide bonds. The van der Waals surface area contributed by atoms with Crippen molar-refractivity contribution in [3.05, 3.63) is 41.5 Å². The Morgan fingerprint density at radius 3 is 2.42 bits per heavy atom. The van der Waals surface area contributed by atoms with Crippen LogP contribution in [0.3, 0.4) is 0 Å². The first-order chi connectivity index (χ1) is 15.1. The average Bonchev–Trinajstić information content (AvgIpc) is 2.78. The van der Waals surface area contributed by atoms with E-state index in [4.69, 9.17) is 4.74 Å². The third-order valence-electron chi connectivity index (χ3n) is 8.11. The van der Waals surface area contributed by atoms with Gasteiger partial charge in [-0.2, -0.15) is 0 Å². The van der Waals surface area contributed by atoms with Crippen LogP contribution in [0, 0.1) is 29.4 Å². The molecule has 2 unspecified atom stereocenters. The maximum atomic E-state index is 15.0. The molecule has 0 heterocycles. The quantitative estimate of drug-likeness (QED) is 0.382. The van der Waals surface area contributed by atoms with Gasteiger partial charge in [-0.3, -0.25) is 0 Å². The lowest BCUT2D eigenvalue weighted by molar-refractivity contribution is 0.112. The van der Waals surface area contributed by atoms with Crippen LogP contribution in [0.2, 0.25) is 0 Å². The molecule has 0 bridgehead atoms. The summed E-state index contributed by atoms with van der Waals surface area (Å²) in [4.78, 5) is 0. The van der Waals surface area contributed by atoms with Crippen molar-refractivity contribution >= 4 is 10.8 Å². The molecule has 0 spiro atoms. The Kier molecular flexibility index (Phi) is 7.51. The fourth-order valence-electron chi connectivity index (χ4n) is 6.33. The number of hydrogen-bond donors (Lipinski definition) is 0.